The first-order chi connectivity index (χ1) is 7.19. The molecule has 0 atom stereocenters. The van der Waals surface area contributed by atoms with E-state index in [2.05, 4.69) is 28.1 Å². The summed E-state index contributed by atoms with van der Waals surface area (Å²) in [6.07, 6.45) is 10.7. The standard InChI is InChI=1S/C13H16BrN/c14-12(8-15)7-13-4-9-1-10(5-13)3-11(2-9)6-13/h7,9-11H,1-6H2/b12-7-. The molecule has 4 bridgehead atoms. The summed E-state index contributed by atoms with van der Waals surface area (Å²) in [5.41, 5.74) is 0.392. The van der Waals surface area contributed by atoms with Crippen LogP contribution in [0.2, 0.25) is 0 Å². The third kappa shape index (κ3) is 1.65. The predicted octanol–water partition coefficient (Wildman–Crippen LogP) is 4.01. The van der Waals surface area contributed by atoms with E-state index in [1.165, 1.54) is 38.5 Å². The number of hydrogen-bond acceptors (Lipinski definition) is 1. The van der Waals surface area contributed by atoms with Crippen molar-refractivity contribution in [3.63, 3.8) is 0 Å². The molecule has 2 heteroatoms. The van der Waals surface area contributed by atoms with Crippen molar-refractivity contribution < 1.29 is 0 Å². The Morgan fingerprint density at radius 2 is 1.60 bits per heavy atom. The highest BCUT2D eigenvalue weighted by molar-refractivity contribution is 9.12. The minimum atomic E-state index is 0.392. The molecule has 0 aliphatic heterocycles. The van der Waals surface area contributed by atoms with E-state index in [0.29, 0.717) is 5.41 Å². The van der Waals surface area contributed by atoms with Crippen LogP contribution in [-0.4, -0.2) is 0 Å². The van der Waals surface area contributed by atoms with E-state index < -0.39 is 0 Å². The van der Waals surface area contributed by atoms with Crippen LogP contribution < -0.4 is 0 Å². The summed E-state index contributed by atoms with van der Waals surface area (Å²) in [6.45, 7) is 0. The summed E-state index contributed by atoms with van der Waals surface area (Å²) in [4.78, 5) is 0. The third-order valence-electron chi connectivity index (χ3n) is 4.63. The van der Waals surface area contributed by atoms with Gasteiger partial charge in [-0.2, -0.15) is 5.26 Å². The van der Waals surface area contributed by atoms with Gasteiger partial charge in [0, 0.05) is 0 Å². The van der Waals surface area contributed by atoms with Crippen LogP contribution in [0.1, 0.15) is 38.5 Å². The van der Waals surface area contributed by atoms with Crippen molar-refractivity contribution in [1.82, 2.24) is 0 Å². The van der Waals surface area contributed by atoms with E-state index in [9.17, 15) is 0 Å². The van der Waals surface area contributed by atoms with Crippen molar-refractivity contribution >= 4 is 15.9 Å². The van der Waals surface area contributed by atoms with E-state index in [1.807, 2.05) is 0 Å². The second kappa shape index (κ2) is 3.35. The monoisotopic (exact) mass is 265 g/mol. The molecule has 0 aromatic rings. The maximum Gasteiger partial charge on any atom is 0.106 e. The van der Waals surface area contributed by atoms with Gasteiger partial charge in [-0.3, -0.25) is 0 Å². The van der Waals surface area contributed by atoms with Crippen LogP contribution in [-0.2, 0) is 0 Å². The summed E-state index contributed by atoms with van der Waals surface area (Å²) in [5, 5.41) is 8.87. The van der Waals surface area contributed by atoms with Gasteiger partial charge in [0.25, 0.3) is 0 Å². The fourth-order valence-electron chi connectivity index (χ4n) is 4.66. The third-order valence-corrected chi connectivity index (χ3v) is 5.03. The van der Waals surface area contributed by atoms with Gasteiger partial charge < -0.3 is 0 Å². The van der Waals surface area contributed by atoms with Crippen LogP contribution in [0.3, 0.4) is 0 Å². The summed E-state index contributed by atoms with van der Waals surface area (Å²) in [6, 6.07) is 2.22. The van der Waals surface area contributed by atoms with Gasteiger partial charge in [-0.25, -0.2) is 0 Å². The summed E-state index contributed by atoms with van der Waals surface area (Å²) >= 11 is 3.37. The lowest BCUT2D eigenvalue weighted by Crippen LogP contribution is -2.45. The van der Waals surface area contributed by atoms with Crippen LogP contribution in [0, 0.1) is 34.5 Å². The van der Waals surface area contributed by atoms with E-state index in [4.69, 9.17) is 5.26 Å². The Balaban J connectivity index is 1.91. The number of nitrogens with zero attached hydrogens (tertiary/aromatic N) is 1. The average molecular weight is 266 g/mol. The average Bonchev–Trinajstić information content (AvgIpc) is 2.14. The first kappa shape index (κ1) is 9.90. The SMILES string of the molecule is N#C/C(Br)=C/C12CC3CC(CC(C3)C1)C2. The molecule has 0 unspecified atom stereocenters. The minimum Gasteiger partial charge on any atom is -0.192 e. The Bertz CT molecular complexity index is 315. The Morgan fingerprint density at radius 1 is 1.13 bits per heavy atom. The maximum absolute atomic E-state index is 8.87. The molecular formula is C13H16BrN. The molecule has 0 aromatic heterocycles. The quantitative estimate of drug-likeness (QED) is 0.658. The van der Waals surface area contributed by atoms with Crippen molar-refractivity contribution in [1.29, 1.82) is 5.26 Å². The smallest absolute Gasteiger partial charge is 0.106 e. The van der Waals surface area contributed by atoms with Gasteiger partial charge in [0.15, 0.2) is 0 Å². The highest BCUT2D eigenvalue weighted by Gasteiger charge is 2.49. The lowest BCUT2D eigenvalue weighted by atomic mass is 9.49. The molecule has 0 N–H and O–H groups in total. The van der Waals surface area contributed by atoms with Crippen LogP contribution in [0.4, 0.5) is 0 Å². The largest absolute Gasteiger partial charge is 0.192 e. The molecule has 0 spiro atoms. The summed E-state index contributed by atoms with van der Waals surface area (Å²) in [7, 11) is 0. The second-order valence-electron chi connectivity index (χ2n) is 5.88. The summed E-state index contributed by atoms with van der Waals surface area (Å²) in [5.74, 6) is 2.89. The van der Waals surface area contributed by atoms with Gasteiger partial charge >= 0.3 is 0 Å². The van der Waals surface area contributed by atoms with Crippen LogP contribution >= 0.6 is 15.9 Å². The molecule has 0 heterocycles. The van der Waals surface area contributed by atoms with E-state index in [-0.39, 0.29) is 0 Å². The molecule has 15 heavy (non-hydrogen) atoms. The fourth-order valence-corrected chi connectivity index (χ4v) is 5.14. The summed E-state index contributed by atoms with van der Waals surface area (Å²) < 4.78 is 0.754. The first-order valence-electron chi connectivity index (χ1n) is 5.97. The molecule has 4 saturated carbocycles. The highest BCUT2D eigenvalue weighted by Crippen LogP contribution is 2.60. The number of halogens is 1. The minimum absolute atomic E-state index is 0.392. The topological polar surface area (TPSA) is 23.8 Å². The zero-order valence-electron chi connectivity index (χ0n) is 8.88. The Kier molecular flexibility index (Phi) is 2.21. The molecule has 0 amide bonds. The molecule has 1 nitrogen and oxygen atoms in total. The van der Waals surface area contributed by atoms with Gasteiger partial charge in [0.1, 0.15) is 6.07 Å². The van der Waals surface area contributed by atoms with E-state index >= 15 is 0 Å². The van der Waals surface area contributed by atoms with E-state index in [1.54, 1.807) is 0 Å². The van der Waals surface area contributed by atoms with Crippen molar-refractivity contribution in [2.45, 2.75) is 38.5 Å². The Hall–Kier alpha value is -0.290. The Morgan fingerprint density at radius 3 is 2.00 bits per heavy atom. The van der Waals surface area contributed by atoms with Gasteiger partial charge in [-0.15, -0.1) is 0 Å². The maximum atomic E-state index is 8.87. The van der Waals surface area contributed by atoms with Crippen LogP contribution in [0.5, 0.6) is 0 Å². The van der Waals surface area contributed by atoms with Crippen molar-refractivity contribution in [3.05, 3.63) is 10.6 Å². The number of rotatable bonds is 1. The molecule has 4 fully saturated rings. The number of hydrogen-bond donors (Lipinski definition) is 0. The second-order valence-corrected chi connectivity index (χ2v) is 6.74. The molecule has 0 radical (unpaired) electrons. The van der Waals surface area contributed by atoms with Gasteiger partial charge in [0.2, 0.25) is 0 Å². The zero-order chi connectivity index (χ0) is 10.5. The lowest BCUT2D eigenvalue weighted by molar-refractivity contribution is -0.0237. The van der Waals surface area contributed by atoms with Crippen molar-refractivity contribution in [2.75, 3.05) is 0 Å². The van der Waals surface area contributed by atoms with Crippen molar-refractivity contribution in [3.8, 4) is 6.07 Å². The molecular weight excluding hydrogens is 250 g/mol. The molecule has 0 aromatic carbocycles. The number of allylic oxidation sites excluding steroid dienone is 2. The highest BCUT2D eigenvalue weighted by atomic mass is 79.9. The zero-order valence-corrected chi connectivity index (χ0v) is 10.5. The lowest BCUT2D eigenvalue weighted by Gasteiger charge is -2.55. The first-order valence-corrected chi connectivity index (χ1v) is 6.77. The van der Waals surface area contributed by atoms with Crippen LogP contribution in [0.25, 0.3) is 0 Å². The Labute approximate surface area is 99.7 Å². The molecule has 4 rings (SSSR count). The molecule has 4 aliphatic carbocycles. The van der Waals surface area contributed by atoms with Gasteiger partial charge in [-0.05, 0) is 77.6 Å². The van der Waals surface area contributed by atoms with Gasteiger partial charge in [0.05, 0.1) is 4.48 Å². The van der Waals surface area contributed by atoms with Crippen LogP contribution in [0.15, 0.2) is 10.6 Å². The molecule has 80 valence electrons. The number of nitriles is 1. The fraction of sp³-hybridized carbons (Fsp3) is 0.769. The normalized spacial score (nSPS) is 48.0. The van der Waals surface area contributed by atoms with Gasteiger partial charge in [-0.1, -0.05) is 6.08 Å². The molecule has 0 saturated heterocycles. The predicted molar refractivity (Wildman–Crippen MR) is 63.2 cm³/mol. The van der Waals surface area contributed by atoms with E-state index in [0.717, 1.165) is 22.2 Å². The van der Waals surface area contributed by atoms with Crippen molar-refractivity contribution in [2.24, 2.45) is 23.2 Å². The molecule has 4 aliphatic rings.